The van der Waals surface area contributed by atoms with Crippen LogP contribution in [-0.2, 0) is 14.3 Å². The number of nitrogens with one attached hydrogen (secondary N) is 1. The second-order valence-corrected chi connectivity index (χ2v) is 5.98. The van der Waals surface area contributed by atoms with Crippen LogP contribution in [0.3, 0.4) is 0 Å². The van der Waals surface area contributed by atoms with Crippen molar-refractivity contribution in [1.29, 1.82) is 0 Å². The summed E-state index contributed by atoms with van der Waals surface area (Å²) in [5, 5.41) is 2.71. The minimum Gasteiger partial charge on any atom is -0.497 e. The maximum absolute atomic E-state index is 12.0. The number of ether oxygens (including phenoxy) is 3. The molecule has 0 fully saturated rings. The van der Waals surface area contributed by atoms with Crippen LogP contribution in [0.5, 0.6) is 5.75 Å². The topological polar surface area (TPSA) is 73.9 Å². The van der Waals surface area contributed by atoms with E-state index in [1.54, 1.807) is 59.1 Å². The molecule has 1 rings (SSSR count). The normalized spacial score (nSPS) is 12.2. The van der Waals surface area contributed by atoms with Gasteiger partial charge in [-0.3, -0.25) is 4.79 Å². The Morgan fingerprint density at radius 3 is 2.26 bits per heavy atom. The molecule has 1 atom stereocenters. The molecule has 1 N–H and O–H groups in total. The molecule has 0 bridgehead atoms. The van der Waals surface area contributed by atoms with Crippen molar-refractivity contribution in [3.05, 3.63) is 29.8 Å². The number of hydrogen-bond donors (Lipinski definition) is 1. The summed E-state index contributed by atoms with van der Waals surface area (Å²) in [6.07, 6.45) is -0.554. The number of esters is 1. The maximum atomic E-state index is 12.0. The zero-order valence-corrected chi connectivity index (χ0v) is 14.3. The molecular formula is C17H25NO5. The van der Waals surface area contributed by atoms with E-state index in [-0.39, 0.29) is 12.4 Å². The van der Waals surface area contributed by atoms with E-state index < -0.39 is 17.7 Å². The SMILES string of the molecule is CCOC(=O)C[C@H](NC(=O)OC(C)(C)C)c1ccc(OC)cc1. The molecule has 23 heavy (non-hydrogen) atoms. The van der Waals surface area contributed by atoms with Crippen molar-refractivity contribution in [2.24, 2.45) is 0 Å². The third kappa shape index (κ3) is 7.04. The average Bonchev–Trinajstić information content (AvgIpc) is 2.45. The molecule has 0 saturated heterocycles. The van der Waals surface area contributed by atoms with E-state index in [9.17, 15) is 9.59 Å². The Morgan fingerprint density at radius 1 is 1.17 bits per heavy atom. The number of methoxy groups -OCH3 is 1. The second-order valence-electron chi connectivity index (χ2n) is 5.98. The predicted molar refractivity (Wildman–Crippen MR) is 86.4 cm³/mol. The second kappa shape index (κ2) is 8.41. The lowest BCUT2D eigenvalue weighted by molar-refractivity contribution is -0.143. The van der Waals surface area contributed by atoms with E-state index in [0.717, 1.165) is 5.56 Å². The highest BCUT2D eigenvalue weighted by Gasteiger charge is 2.23. The van der Waals surface area contributed by atoms with Crippen LogP contribution in [0.4, 0.5) is 4.79 Å². The smallest absolute Gasteiger partial charge is 0.408 e. The molecule has 0 unspecified atom stereocenters. The molecule has 6 nitrogen and oxygen atoms in total. The first-order chi connectivity index (χ1) is 10.7. The van der Waals surface area contributed by atoms with E-state index in [0.29, 0.717) is 12.4 Å². The molecule has 0 aromatic heterocycles. The number of alkyl carbamates (subject to hydrolysis) is 1. The van der Waals surface area contributed by atoms with Crippen LogP contribution in [0.25, 0.3) is 0 Å². The fourth-order valence-electron chi connectivity index (χ4n) is 1.92. The van der Waals surface area contributed by atoms with Gasteiger partial charge in [-0.15, -0.1) is 0 Å². The van der Waals surface area contributed by atoms with Gasteiger partial charge in [0.15, 0.2) is 0 Å². The molecule has 0 aliphatic carbocycles. The molecule has 1 aromatic carbocycles. The zero-order chi connectivity index (χ0) is 17.5. The summed E-state index contributed by atoms with van der Waals surface area (Å²) in [4.78, 5) is 23.8. The van der Waals surface area contributed by atoms with Crippen molar-refractivity contribution in [2.75, 3.05) is 13.7 Å². The summed E-state index contributed by atoms with van der Waals surface area (Å²) >= 11 is 0. The Labute approximate surface area is 137 Å². The Kier molecular flexibility index (Phi) is 6.88. The van der Waals surface area contributed by atoms with Gasteiger partial charge in [0, 0.05) is 0 Å². The molecule has 0 spiro atoms. The third-order valence-corrected chi connectivity index (χ3v) is 2.89. The van der Waals surface area contributed by atoms with Gasteiger partial charge in [0.2, 0.25) is 0 Å². The van der Waals surface area contributed by atoms with Gasteiger partial charge < -0.3 is 19.5 Å². The minimum atomic E-state index is -0.613. The lowest BCUT2D eigenvalue weighted by atomic mass is 10.0. The summed E-state index contributed by atoms with van der Waals surface area (Å²) in [5.74, 6) is 0.310. The van der Waals surface area contributed by atoms with Crippen LogP contribution < -0.4 is 10.1 Å². The molecule has 0 aliphatic rings. The van der Waals surface area contributed by atoms with E-state index >= 15 is 0 Å². The average molecular weight is 323 g/mol. The van der Waals surface area contributed by atoms with Gasteiger partial charge in [-0.2, -0.15) is 0 Å². The number of amides is 1. The Balaban J connectivity index is 2.87. The maximum Gasteiger partial charge on any atom is 0.408 e. The van der Waals surface area contributed by atoms with Crippen molar-refractivity contribution in [1.82, 2.24) is 5.32 Å². The summed E-state index contributed by atoms with van der Waals surface area (Å²) in [6.45, 7) is 7.36. The standard InChI is InChI=1S/C17H25NO5/c1-6-22-15(19)11-14(18-16(20)23-17(2,3)4)12-7-9-13(21-5)10-8-12/h7-10,14H,6,11H2,1-5H3,(H,18,20)/t14-/m0/s1. The first-order valence-electron chi connectivity index (χ1n) is 7.54. The van der Waals surface area contributed by atoms with Gasteiger partial charge in [0.05, 0.1) is 26.2 Å². The lowest BCUT2D eigenvalue weighted by Crippen LogP contribution is -2.36. The van der Waals surface area contributed by atoms with E-state index in [2.05, 4.69) is 5.32 Å². The lowest BCUT2D eigenvalue weighted by Gasteiger charge is -2.23. The van der Waals surface area contributed by atoms with Gasteiger partial charge in [-0.25, -0.2) is 4.79 Å². The molecule has 0 radical (unpaired) electrons. The van der Waals surface area contributed by atoms with E-state index in [1.807, 2.05) is 0 Å². The first-order valence-corrected chi connectivity index (χ1v) is 7.54. The molecule has 128 valence electrons. The molecule has 0 saturated carbocycles. The fourth-order valence-corrected chi connectivity index (χ4v) is 1.92. The van der Waals surface area contributed by atoms with Crippen molar-refractivity contribution < 1.29 is 23.8 Å². The van der Waals surface area contributed by atoms with Crippen molar-refractivity contribution in [3.63, 3.8) is 0 Å². The van der Waals surface area contributed by atoms with Gasteiger partial charge >= 0.3 is 12.1 Å². The number of hydrogen-bond acceptors (Lipinski definition) is 5. The first kappa shape index (κ1) is 18.8. The van der Waals surface area contributed by atoms with Crippen molar-refractivity contribution in [2.45, 2.75) is 45.8 Å². The van der Waals surface area contributed by atoms with Crippen LogP contribution >= 0.6 is 0 Å². The van der Waals surface area contributed by atoms with Gasteiger partial charge in [0.25, 0.3) is 0 Å². The van der Waals surface area contributed by atoms with Gasteiger partial charge in [-0.1, -0.05) is 12.1 Å². The number of rotatable bonds is 6. The van der Waals surface area contributed by atoms with Crippen LogP contribution in [-0.4, -0.2) is 31.4 Å². The molecule has 1 amide bonds. The van der Waals surface area contributed by atoms with Crippen LogP contribution in [0.2, 0.25) is 0 Å². The third-order valence-electron chi connectivity index (χ3n) is 2.89. The number of carbonyl (C=O) groups is 2. The quantitative estimate of drug-likeness (QED) is 0.814. The van der Waals surface area contributed by atoms with Crippen LogP contribution in [0.1, 0.15) is 45.7 Å². The highest BCUT2D eigenvalue weighted by atomic mass is 16.6. The molecule has 6 heteroatoms. The van der Waals surface area contributed by atoms with E-state index in [4.69, 9.17) is 14.2 Å². The fraction of sp³-hybridized carbons (Fsp3) is 0.529. The summed E-state index contributed by atoms with van der Waals surface area (Å²) in [5.41, 5.74) is 0.156. The molecular weight excluding hydrogens is 298 g/mol. The minimum absolute atomic E-state index is 0.0272. The highest BCUT2D eigenvalue weighted by molar-refractivity contribution is 5.73. The number of carbonyl (C=O) groups excluding carboxylic acids is 2. The largest absolute Gasteiger partial charge is 0.497 e. The molecule has 0 aliphatic heterocycles. The number of benzene rings is 1. The monoisotopic (exact) mass is 323 g/mol. The summed E-state index contributed by atoms with van der Waals surface area (Å²) < 4.78 is 15.3. The Bertz CT molecular complexity index is 519. The highest BCUT2D eigenvalue weighted by Crippen LogP contribution is 2.21. The predicted octanol–water partition coefficient (Wildman–Crippen LogP) is 3.21. The summed E-state index contributed by atoms with van der Waals surface area (Å²) in [6, 6.07) is 6.59. The van der Waals surface area contributed by atoms with Crippen molar-refractivity contribution >= 4 is 12.1 Å². The van der Waals surface area contributed by atoms with Gasteiger partial charge in [-0.05, 0) is 45.4 Å². The van der Waals surface area contributed by atoms with E-state index in [1.165, 1.54) is 0 Å². The van der Waals surface area contributed by atoms with Crippen LogP contribution in [0.15, 0.2) is 24.3 Å². The Hall–Kier alpha value is -2.24. The Morgan fingerprint density at radius 2 is 1.78 bits per heavy atom. The van der Waals surface area contributed by atoms with Crippen molar-refractivity contribution in [3.8, 4) is 5.75 Å². The molecule has 0 heterocycles. The van der Waals surface area contributed by atoms with Crippen LogP contribution in [0, 0.1) is 0 Å². The zero-order valence-electron chi connectivity index (χ0n) is 14.3. The molecule has 1 aromatic rings. The van der Waals surface area contributed by atoms with Gasteiger partial charge in [0.1, 0.15) is 11.4 Å². The summed E-state index contributed by atoms with van der Waals surface area (Å²) in [7, 11) is 1.57.